The molecule has 1 aromatic carbocycles. The minimum absolute atomic E-state index is 0.443. The summed E-state index contributed by atoms with van der Waals surface area (Å²) >= 11 is 0. The van der Waals surface area contributed by atoms with Crippen LogP contribution >= 0.6 is 0 Å². The fourth-order valence-corrected chi connectivity index (χ4v) is 6.04. The molecule has 0 N–H and O–H groups in total. The van der Waals surface area contributed by atoms with Crippen LogP contribution in [0.3, 0.4) is 0 Å². The van der Waals surface area contributed by atoms with Crippen molar-refractivity contribution in [2.24, 2.45) is 17.8 Å². The van der Waals surface area contributed by atoms with E-state index >= 15 is 0 Å². The smallest absolute Gasteiger partial charge is 0.243 e. The van der Waals surface area contributed by atoms with E-state index in [2.05, 4.69) is 25.7 Å². The maximum absolute atomic E-state index is 13.0. The van der Waals surface area contributed by atoms with E-state index in [-0.39, 0.29) is 0 Å². The highest BCUT2D eigenvalue weighted by Crippen LogP contribution is 2.26. The molecule has 3 rings (SSSR count). The predicted octanol–water partition coefficient (Wildman–Crippen LogP) is 4.02. The van der Waals surface area contributed by atoms with E-state index in [1.54, 1.807) is 16.4 Å². The van der Waals surface area contributed by atoms with Crippen molar-refractivity contribution in [3.05, 3.63) is 29.8 Å². The lowest BCUT2D eigenvalue weighted by Gasteiger charge is -2.37. The molecule has 0 aromatic heterocycles. The third-order valence-corrected chi connectivity index (χ3v) is 7.95. The number of sulfonamides is 1. The molecule has 2 heterocycles. The third kappa shape index (κ3) is 5.55. The van der Waals surface area contributed by atoms with Crippen LogP contribution in [0.5, 0.6) is 0 Å². The second-order valence-corrected chi connectivity index (χ2v) is 11.0. The van der Waals surface area contributed by atoms with E-state index in [9.17, 15) is 8.42 Å². The number of likely N-dealkylation sites (tertiary alicyclic amines) is 1. The summed E-state index contributed by atoms with van der Waals surface area (Å²) in [7, 11) is -3.35. The van der Waals surface area contributed by atoms with Crippen molar-refractivity contribution in [2.45, 2.75) is 57.8 Å². The third-order valence-electron chi connectivity index (χ3n) is 6.04. The number of rotatable bonds is 6. The maximum atomic E-state index is 13.0. The molecule has 5 heteroatoms. The first-order chi connectivity index (χ1) is 12.8. The van der Waals surface area contributed by atoms with Crippen LogP contribution in [-0.2, 0) is 16.4 Å². The van der Waals surface area contributed by atoms with Crippen LogP contribution in [0.1, 0.15) is 52.0 Å². The Morgan fingerprint density at radius 2 is 1.70 bits per heavy atom. The van der Waals surface area contributed by atoms with Crippen LogP contribution < -0.4 is 0 Å². The Morgan fingerprint density at radius 1 is 1.04 bits per heavy atom. The summed E-state index contributed by atoms with van der Waals surface area (Å²) in [6.07, 6.45) is 5.61. The Hall–Kier alpha value is -0.910. The van der Waals surface area contributed by atoms with Crippen LogP contribution in [0.25, 0.3) is 0 Å². The fourth-order valence-electron chi connectivity index (χ4n) is 4.57. The Labute approximate surface area is 166 Å². The number of benzene rings is 1. The fraction of sp³-hybridized carbons (Fsp3) is 0.727. The monoisotopic (exact) mass is 392 g/mol. The van der Waals surface area contributed by atoms with Gasteiger partial charge in [-0.05, 0) is 74.1 Å². The zero-order valence-corrected chi connectivity index (χ0v) is 18.0. The lowest BCUT2D eigenvalue weighted by Crippen LogP contribution is -2.43. The molecule has 2 aliphatic rings. The first-order valence-corrected chi connectivity index (χ1v) is 12.1. The molecule has 0 amide bonds. The quantitative estimate of drug-likeness (QED) is 0.734. The predicted molar refractivity (Wildman–Crippen MR) is 111 cm³/mol. The molecule has 2 aliphatic heterocycles. The number of hydrogen-bond acceptors (Lipinski definition) is 3. The maximum Gasteiger partial charge on any atom is 0.243 e. The summed E-state index contributed by atoms with van der Waals surface area (Å²) in [5.74, 6) is 2.02. The van der Waals surface area contributed by atoms with Gasteiger partial charge in [-0.2, -0.15) is 4.31 Å². The molecule has 0 saturated carbocycles. The molecule has 0 radical (unpaired) electrons. The molecule has 0 aliphatic carbocycles. The van der Waals surface area contributed by atoms with Gasteiger partial charge in [0.05, 0.1) is 4.90 Å². The van der Waals surface area contributed by atoms with Crippen molar-refractivity contribution < 1.29 is 8.42 Å². The van der Waals surface area contributed by atoms with E-state index in [0.29, 0.717) is 29.8 Å². The van der Waals surface area contributed by atoms with Crippen molar-refractivity contribution in [1.29, 1.82) is 0 Å². The van der Waals surface area contributed by atoms with Crippen molar-refractivity contribution in [3.63, 3.8) is 0 Å². The molecule has 0 spiro atoms. The highest BCUT2D eigenvalue weighted by Gasteiger charge is 2.30. The van der Waals surface area contributed by atoms with Crippen molar-refractivity contribution in [1.82, 2.24) is 9.21 Å². The second-order valence-electron chi connectivity index (χ2n) is 9.10. The Bertz CT molecular complexity index is 692. The van der Waals surface area contributed by atoms with Crippen molar-refractivity contribution in [3.8, 4) is 0 Å². The molecule has 2 saturated heterocycles. The molecule has 1 atom stereocenters. The summed E-state index contributed by atoms with van der Waals surface area (Å²) in [4.78, 5) is 3.04. The largest absolute Gasteiger partial charge is 0.303 e. The average Bonchev–Trinajstić information content (AvgIpc) is 2.62. The van der Waals surface area contributed by atoms with Gasteiger partial charge in [-0.15, -0.1) is 0 Å². The SMILES string of the molecule is CC(C)Cc1ccc(S(=O)(=O)N2CCC(CN3CCC[C@@H](C)C3)CC2)cc1. The summed E-state index contributed by atoms with van der Waals surface area (Å²) in [6.45, 7) is 11.6. The molecule has 152 valence electrons. The van der Waals surface area contributed by atoms with Crippen molar-refractivity contribution in [2.75, 3.05) is 32.7 Å². The van der Waals surface area contributed by atoms with Gasteiger partial charge >= 0.3 is 0 Å². The Balaban J connectivity index is 1.54. The highest BCUT2D eigenvalue weighted by atomic mass is 32.2. The Morgan fingerprint density at radius 3 is 2.30 bits per heavy atom. The van der Waals surface area contributed by atoms with Gasteiger partial charge in [-0.25, -0.2) is 8.42 Å². The Kier molecular flexibility index (Phi) is 6.98. The minimum Gasteiger partial charge on any atom is -0.303 e. The zero-order valence-electron chi connectivity index (χ0n) is 17.2. The first-order valence-electron chi connectivity index (χ1n) is 10.7. The van der Waals surface area contributed by atoms with Gasteiger partial charge in [0.1, 0.15) is 0 Å². The number of nitrogens with zero attached hydrogens (tertiary/aromatic N) is 2. The minimum atomic E-state index is -3.35. The van der Waals surface area contributed by atoms with Crippen LogP contribution in [0.4, 0.5) is 0 Å². The van der Waals surface area contributed by atoms with Crippen LogP contribution in [-0.4, -0.2) is 50.3 Å². The molecule has 0 unspecified atom stereocenters. The molecule has 4 nitrogen and oxygen atoms in total. The number of hydrogen-bond donors (Lipinski definition) is 0. The molecule has 0 bridgehead atoms. The van der Waals surface area contributed by atoms with Crippen LogP contribution in [0, 0.1) is 17.8 Å². The van der Waals surface area contributed by atoms with Gasteiger partial charge in [0.25, 0.3) is 0 Å². The first kappa shape index (κ1) is 20.8. The van der Waals surface area contributed by atoms with Gasteiger partial charge in [-0.1, -0.05) is 32.9 Å². The van der Waals surface area contributed by atoms with Crippen molar-refractivity contribution >= 4 is 10.0 Å². The van der Waals surface area contributed by atoms with Gasteiger partial charge in [0, 0.05) is 26.2 Å². The molecular formula is C22H36N2O2S. The van der Waals surface area contributed by atoms with E-state index in [0.717, 1.165) is 31.7 Å². The summed E-state index contributed by atoms with van der Waals surface area (Å²) in [6, 6.07) is 7.51. The van der Waals surface area contributed by atoms with Gasteiger partial charge in [0.2, 0.25) is 10.0 Å². The van der Waals surface area contributed by atoms with Crippen LogP contribution in [0.15, 0.2) is 29.2 Å². The molecule has 27 heavy (non-hydrogen) atoms. The molecule has 1 aromatic rings. The average molecular weight is 393 g/mol. The van der Waals surface area contributed by atoms with Gasteiger partial charge in [-0.3, -0.25) is 0 Å². The van der Waals surface area contributed by atoms with E-state index in [1.807, 2.05) is 12.1 Å². The van der Waals surface area contributed by atoms with E-state index in [4.69, 9.17) is 0 Å². The highest BCUT2D eigenvalue weighted by molar-refractivity contribution is 7.89. The molecule has 2 fully saturated rings. The summed E-state index contributed by atoms with van der Waals surface area (Å²) in [5.41, 5.74) is 1.21. The number of piperidine rings is 2. The molecular weight excluding hydrogens is 356 g/mol. The van der Waals surface area contributed by atoms with Gasteiger partial charge < -0.3 is 4.90 Å². The second kappa shape index (κ2) is 9.06. The van der Waals surface area contributed by atoms with Gasteiger partial charge in [0.15, 0.2) is 0 Å². The zero-order chi connectivity index (χ0) is 19.4. The topological polar surface area (TPSA) is 40.6 Å². The van der Waals surface area contributed by atoms with Crippen LogP contribution in [0.2, 0.25) is 0 Å². The lowest BCUT2D eigenvalue weighted by molar-refractivity contribution is 0.136. The lowest BCUT2D eigenvalue weighted by atomic mass is 9.94. The van der Waals surface area contributed by atoms with E-state index < -0.39 is 10.0 Å². The standard InChI is InChI=1S/C22H36N2O2S/c1-18(2)15-20-6-8-22(9-7-20)27(25,26)24-13-10-21(11-14-24)17-23-12-4-5-19(3)16-23/h6-9,18-19,21H,4-5,10-17H2,1-3H3/t19-/m1/s1. The normalized spacial score (nSPS) is 23.8. The summed E-state index contributed by atoms with van der Waals surface area (Å²) < 4.78 is 27.6. The van der Waals surface area contributed by atoms with E-state index in [1.165, 1.54) is 31.5 Å². The summed E-state index contributed by atoms with van der Waals surface area (Å²) in [5, 5.41) is 0.